The minimum atomic E-state index is -4.99. The zero-order chi connectivity index (χ0) is 15.8. The fourth-order valence-corrected chi connectivity index (χ4v) is 3.90. The highest BCUT2D eigenvalue weighted by Crippen LogP contribution is 2.46. The van der Waals surface area contributed by atoms with Crippen LogP contribution in [0.15, 0.2) is 0 Å². The number of rotatable bonds is 5. The molecular weight excluding hydrogens is 301 g/mol. The van der Waals surface area contributed by atoms with Crippen LogP contribution in [0.4, 0.5) is 13.2 Å². The van der Waals surface area contributed by atoms with E-state index in [1.54, 1.807) is 13.8 Å². The molecule has 1 fully saturated rings. The van der Waals surface area contributed by atoms with Crippen molar-refractivity contribution in [2.24, 2.45) is 5.41 Å². The predicted octanol–water partition coefficient (Wildman–Crippen LogP) is 0.912. The summed E-state index contributed by atoms with van der Waals surface area (Å²) in [6, 6.07) is 0. The summed E-state index contributed by atoms with van der Waals surface area (Å²) in [5.41, 5.74) is -3.02. The van der Waals surface area contributed by atoms with Gasteiger partial charge in [0, 0.05) is 26.2 Å². The molecule has 10 heteroatoms. The van der Waals surface area contributed by atoms with E-state index in [-0.39, 0.29) is 13.1 Å². The smallest absolute Gasteiger partial charge is 0.406 e. The molecule has 1 atom stereocenters. The third-order valence-corrected chi connectivity index (χ3v) is 5.68. The van der Waals surface area contributed by atoms with E-state index in [9.17, 15) is 26.4 Å². The Morgan fingerprint density at radius 3 is 2.15 bits per heavy atom. The number of aliphatic carboxylic acids is 1. The molecule has 0 aromatic heterocycles. The van der Waals surface area contributed by atoms with Crippen molar-refractivity contribution in [1.82, 2.24) is 8.61 Å². The summed E-state index contributed by atoms with van der Waals surface area (Å²) in [7, 11) is -4.06. The maximum atomic E-state index is 13.0. The molecular formula is C10H17F3N2O4S. The molecule has 1 unspecified atom stereocenters. The van der Waals surface area contributed by atoms with Crippen molar-refractivity contribution < 1.29 is 31.5 Å². The lowest BCUT2D eigenvalue weighted by atomic mass is 9.86. The summed E-state index contributed by atoms with van der Waals surface area (Å²) < 4.78 is 64.8. The number of carboxylic acids is 1. The molecule has 1 heterocycles. The summed E-state index contributed by atoms with van der Waals surface area (Å²) in [4.78, 5) is 11.0. The lowest BCUT2D eigenvalue weighted by Crippen LogP contribution is -2.49. The Bertz CT molecular complexity index is 475. The fraction of sp³-hybridized carbons (Fsp3) is 0.900. The van der Waals surface area contributed by atoms with Crippen LogP contribution in [-0.4, -0.2) is 60.5 Å². The van der Waals surface area contributed by atoms with E-state index >= 15 is 0 Å². The van der Waals surface area contributed by atoms with Crippen LogP contribution < -0.4 is 0 Å². The molecule has 1 N–H and O–H groups in total. The maximum Gasteiger partial charge on any atom is 0.406 e. The zero-order valence-corrected chi connectivity index (χ0v) is 12.0. The molecule has 0 bridgehead atoms. The third kappa shape index (κ3) is 2.63. The van der Waals surface area contributed by atoms with Gasteiger partial charge >= 0.3 is 12.1 Å². The van der Waals surface area contributed by atoms with Crippen molar-refractivity contribution in [2.45, 2.75) is 26.4 Å². The molecule has 0 radical (unpaired) electrons. The minimum Gasteiger partial charge on any atom is -0.481 e. The van der Waals surface area contributed by atoms with Crippen molar-refractivity contribution in [3.8, 4) is 0 Å². The van der Waals surface area contributed by atoms with Crippen LogP contribution >= 0.6 is 0 Å². The monoisotopic (exact) mass is 318 g/mol. The van der Waals surface area contributed by atoms with E-state index in [4.69, 9.17) is 5.11 Å². The van der Waals surface area contributed by atoms with E-state index in [0.717, 1.165) is 4.31 Å². The summed E-state index contributed by atoms with van der Waals surface area (Å²) in [5, 5.41) is 8.88. The van der Waals surface area contributed by atoms with Gasteiger partial charge in [0.15, 0.2) is 5.41 Å². The quantitative estimate of drug-likeness (QED) is 0.817. The second kappa shape index (κ2) is 5.49. The van der Waals surface area contributed by atoms with E-state index in [1.165, 1.54) is 0 Å². The minimum absolute atomic E-state index is 0.113. The first-order chi connectivity index (χ1) is 9.03. The number of hydrogen-bond donors (Lipinski definition) is 1. The van der Waals surface area contributed by atoms with Gasteiger partial charge in [0.25, 0.3) is 10.2 Å². The van der Waals surface area contributed by atoms with Gasteiger partial charge in [-0.2, -0.15) is 30.2 Å². The number of nitrogens with zero attached hydrogens (tertiary/aromatic N) is 2. The van der Waals surface area contributed by atoms with E-state index in [0.29, 0.717) is 4.31 Å². The van der Waals surface area contributed by atoms with Crippen molar-refractivity contribution in [3.63, 3.8) is 0 Å². The van der Waals surface area contributed by atoms with Crippen LogP contribution in [0.5, 0.6) is 0 Å². The normalized spacial score (nSPS) is 25.3. The Balaban J connectivity index is 3.10. The molecule has 6 nitrogen and oxygen atoms in total. The second-order valence-electron chi connectivity index (χ2n) is 4.56. The van der Waals surface area contributed by atoms with Crippen LogP contribution in [0.2, 0.25) is 0 Å². The molecule has 0 aromatic carbocycles. The first kappa shape index (κ1) is 17.2. The number of alkyl halides is 3. The van der Waals surface area contributed by atoms with E-state index in [1.807, 2.05) is 0 Å². The lowest BCUT2D eigenvalue weighted by Gasteiger charge is -2.29. The molecule has 0 saturated carbocycles. The van der Waals surface area contributed by atoms with E-state index < -0.39 is 47.3 Å². The molecule has 0 spiro atoms. The Morgan fingerprint density at radius 2 is 1.85 bits per heavy atom. The zero-order valence-electron chi connectivity index (χ0n) is 11.1. The van der Waals surface area contributed by atoms with Gasteiger partial charge in [-0.15, -0.1) is 0 Å². The van der Waals surface area contributed by atoms with Crippen LogP contribution in [0.3, 0.4) is 0 Å². The third-order valence-electron chi connectivity index (χ3n) is 3.54. The van der Waals surface area contributed by atoms with Gasteiger partial charge in [0.05, 0.1) is 0 Å². The lowest BCUT2D eigenvalue weighted by molar-refractivity contribution is -0.226. The highest BCUT2D eigenvalue weighted by Gasteiger charge is 2.65. The molecule has 0 aromatic rings. The Kier molecular flexibility index (Phi) is 4.72. The average molecular weight is 318 g/mol. The molecule has 1 aliphatic rings. The van der Waals surface area contributed by atoms with Crippen LogP contribution in [0.25, 0.3) is 0 Å². The summed E-state index contributed by atoms with van der Waals surface area (Å²) in [6.07, 6.45) is -5.77. The van der Waals surface area contributed by atoms with Gasteiger partial charge in [-0.05, 0) is 6.42 Å². The Hall–Kier alpha value is -0.870. The predicted molar refractivity (Wildman–Crippen MR) is 64.2 cm³/mol. The van der Waals surface area contributed by atoms with Crippen LogP contribution in [0, 0.1) is 5.41 Å². The average Bonchev–Trinajstić information content (AvgIpc) is 2.76. The first-order valence-corrected chi connectivity index (χ1v) is 7.48. The van der Waals surface area contributed by atoms with Gasteiger partial charge < -0.3 is 5.11 Å². The van der Waals surface area contributed by atoms with Crippen molar-refractivity contribution in [3.05, 3.63) is 0 Å². The molecule has 1 aliphatic heterocycles. The van der Waals surface area contributed by atoms with Gasteiger partial charge in [-0.3, -0.25) is 4.79 Å². The summed E-state index contributed by atoms with van der Waals surface area (Å²) in [5.74, 6) is -2.04. The van der Waals surface area contributed by atoms with E-state index in [2.05, 4.69) is 0 Å². The highest BCUT2D eigenvalue weighted by molar-refractivity contribution is 7.86. The number of carboxylic acid groups (broad SMARTS) is 1. The van der Waals surface area contributed by atoms with Gasteiger partial charge in [0.1, 0.15) is 0 Å². The van der Waals surface area contributed by atoms with Gasteiger partial charge in [0.2, 0.25) is 0 Å². The summed E-state index contributed by atoms with van der Waals surface area (Å²) in [6.45, 7) is 1.81. The van der Waals surface area contributed by atoms with Crippen LogP contribution in [-0.2, 0) is 15.0 Å². The SMILES string of the molecule is CCN(CC)S(=O)(=O)N1CCC(C(=O)O)(C(F)(F)F)C1. The molecule has 118 valence electrons. The highest BCUT2D eigenvalue weighted by atomic mass is 32.2. The molecule has 1 saturated heterocycles. The summed E-state index contributed by atoms with van der Waals surface area (Å²) >= 11 is 0. The molecule has 1 rings (SSSR count). The fourth-order valence-electron chi connectivity index (χ4n) is 2.21. The standard InChI is InChI=1S/C10H17F3N2O4S/c1-3-14(4-2)20(18,19)15-6-5-9(7-15,8(16)17)10(11,12)13/h3-7H2,1-2H3,(H,16,17). The van der Waals surface area contributed by atoms with Gasteiger partial charge in [-0.1, -0.05) is 13.8 Å². The Labute approximate surface area is 115 Å². The topological polar surface area (TPSA) is 77.9 Å². The number of carbonyl (C=O) groups is 1. The van der Waals surface area contributed by atoms with Crippen molar-refractivity contribution in [2.75, 3.05) is 26.2 Å². The second-order valence-corrected chi connectivity index (χ2v) is 6.49. The maximum absolute atomic E-state index is 13.0. The Morgan fingerprint density at radius 1 is 1.35 bits per heavy atom. The van der Waals surface area contributed by atoms with Crippen molar-refractivity contribution in [1.29, 1.82) is 0 Å². The first-order valence-electron chi connectivity index (χ1n) is 6.08. The number of hydrogen-bond acceptors (Lipinski definition) is 3. The molecule has 20 heavy (non-hydrogen) atoms. The largest absolute Gasteiger partial charge is 0.481 e. The van der Waals surface area contributed by atoms with Crippen LogP contribution in [0.1, 0.15) is 20.3 Å². The molecule has 0 aliphatic carbocycles. The van der Waals surface area contributed by atoms with Crippen molar-refractivity contribution >= 4 is 16.2 Å². The van der Waals surface area contributed by atoms with Gasteiger partial charge in [-0.25, -0.2) is 0 Å². The molecule has 0 amide bonds. The number of halogens is 3.